The molecule has 2 aliphatic rings. The maximum Gasteiger partial charge on any atom is 0.415 e. The molecule has 1 N–H and O–H groups in total. The largest absolute Gasteiger partial charge is 0.461 e. The van der Waals surface area contributed by atoms with E-state index in [1.54, 1.807) is 5.32 Å². The number of nitrogens with one attached hydrogen (secondary N) is 1. The second-order valence-corrected chi connectivity index (χ2v) is 5.97. The normalized spacial score (nSPS) is 36.2. The van der Waals surface area contributed by atoms with Crippen molar-refractivity contribution in [3.05, 3.63) is 0 Å². The number of carbonyl (C=O) groups excluding carboxylic acids is 1. The summed E-state index contributed by atoms with van der Waals surface area (Å²) in [6.07, 6.45) is -12.5. The Morgan fingerprint density at radius 2 is 1.75 bits per heavy atom. The monoisotopic (exact) mass is 369 g/mol. The van der Waals surface area contributed by atoms with Crippen LogP contribution in [-0.4, -0.2) is 40.8 Å². The molecule has 10 heteroatoms. The number of rotatable bonds is 1. The molecule has 1 heterocycles. The van der Waals surface area contributed by atoms with Gasteiger partial charge in [0.15, 0.2) is 0 Å². The van der Waals surface area contributed by atoms with E-state index in [9.17, 15) is 31.1 Å². The highest BCUT2D eigenvalue weighted by molar-refractivity contribution is 9.09. The van der Waals surface area contributed by atoms with Gasteiger partial charge in [-0.3, -0.25) is 10.1 Å². The van der Waals surface area contributed by atoms with Gasteiger partial charge in [0.2, 0.25) is 5.54 Å². The van der Waals surface area contributed by atoms with Gasteiger partial charge in [0.1, 0.15) is 6.10 Å². The fourth-order valence-corrected chi connectivity index (χ4v) is 4.10. The van der Waals surface area contributed by atoms with E-state index in [2.05, 4.69) is 15.9 Å². The molecule has 1 saturated heterocycles. The fourth-order valence-electron chi connectivity index (χ4n) is 3.02. The Bertz CT molecular complexity index is 409. The first kappa shape index (κ1) is 15.9. The predicted octanol–water partition coefficient (Wildman–Crippen LogP) is 2.54. The van der Waals surface area contributed by atoms with Crippen molar-refractivity contribution in [2.75, 3.05) is 0 Å². The highest BCUT2D eigenvalue weighted by Gasteiger charge is 2.81. The number of fused-ring (bicyclic) bond motifs is 2. The Balaban J connectivity index is 2.37. The van der Waals surface area contributed by atoms with E-state index in [0.29, 0.717) is 0 Å². The van der Waals surface area contributed by atoms with Crippen LogP contribution in [0.5, 0.6) is 0 Å². The molecule has 0 radical (unpaired) electrons. The summed E-state index contributed by atoms with van der Waals surface area (Å²) < 4.78 is 82.9. The van der Waals surface area contributed by atoms with Crippen LogP contribution in [0.15, 0.2) is 0 Å². The van der Waals surface area contributed by atoms with Crippen LogP contribution in [-0.2, 0) is 9.53 Å². The zero-order chi connectivity index (χ0) is 15.5. The van der Waals surface area contributed by atoms with Gasteiger partial charge in [0.25, 0.3) is 0 Å². The summed E-state index contributed by atoms with van der Waals surface area (Å²) >= 11 is 2.87. The maximum absolute atomic E-state index is 13.0. The molecule has 0 aromatic heterocycles. The van der Waals surface area contributed by atoms with Crippen molar-refractivity contribution in [2.24, 2.45) is 5.92 Å². The van der Waals surface area contributed by atoms with Gasteiger partial charge in [-0.25, -0.2) is 0 Å². The van der Waals surface area contributed by atoms with Crippen LogP contribution in [0.2, 0.25) is 0 Å². The molecule has 2 bridgehead atoms. The van der Waals surface area contributed by atoms with Gasteiger partial charge >= 0.3 is 18.3 Å². The van der Waals surface area contributed by atoms with Gasteiger partial charge in [0, 0.05) is 17.7 Å². The molecule has 2 rings (SSSR count). The Labute approximate surface area is 118 Å². The van der Waals surface area contributed by atoms with Crippen molar-refractivity contribution in [3.63, 3.8) is 0 Å². The molecule has 1 aliphatic carbocycles. The van der Waals surface area contributed by atoms with Crippen molar-refractivity contribution < 1.29 is 35.9 Å². The SMILES string of the molecule is CC(=O)O[C@@H]1C[C@H]2[C@H](Br)[C@H]1NC2(C(F)(F)F)C(F)(F)F. The summed E-state index contributed by atoms with van der Waals surface area (Å²) in [5.74, 6) is -2.52. The van der Waals surface area contributed by atoms with Crippen molar-refractivity contribution in [2.45, 2.75) is 48.2 Å². The second kappa shape index (κ2) is 4.49. The highest BCUT2D eigenvalue weighted by Crippen LogP contribution is 2.59. The molecule has 1 aliphatic heterocycles. The Hall–Kier alpha value is -0.510. The van der Waals surface area contributed by atoms with Gasteiger partial charge in [-0.1, -0.05) is 15.9 Å². The van der Waals surface area contributed by atoms with E-state index in [1.165, 1.54) is 0 Å². The molecule has 0 spiro atoms. The Kier molecular flexibility index (Phi) is 3.56. The number of halogens is 7. The summed E-state index contributed by atoms with van der Waals surface area (Å²) in [7, 11) is 0. The number of esters is 1. The van der Waals surface area contributed by atoms with E-state index < -0.39 is 53.2 Å². The predicted molar refractivity (Wildman–Crippen MR) is 58.1 cm³/mol. The highest BCUT2D eigenvalue weighted by atomic mass is 79.9. The van der Waals surface area contributed by atoms with Crippen molar-refractivity contribution in [1.82, 2.24) is 5.32 Å². The average Bonchev–Trinajstić information content (AvgIpc) is 2.66. The minimum atomic E-state index is -5.49. The van der Waals surface area contributed by atoms with Crippen molar-refractivity contribution >= 4 is 21.9 Å². The van der Waals surface area contributed by atoms with Crippen LogP contribution in [0.3, 0.4) is 0 Å². The number of hydrogen-bond acceptors (Lipinski definition) is 3. The third-order valence-electron chi connectivity index (χ3n) is 3.78. The average molecular weight is 370 g/mol. The van der Waals surface area contributed by atoms with Gasteiger partial charge < -0.3 is 4.74 Å². The lowest BCUT2D eigenvalue weighted by atomic mass is 9.82. The first-order valence-corrected chi connectivity index (χ1v) is 6.56. The molecular weight excluding hydrogens is 360 g/mol. The number of piperidine rings is 1. The lowest BCUT2D eigenvalue weighted by Crippen LogP contribution is -2.70. The molecular formula is C10H10BrF6NO2. The zero-order valence-corrected chi connectivity index (χ0v) is 11.6. The van der Waals surface area contributed by atoms with Crippen LogP contribution < -0.4 is 5.32 Å². The summed E-state index contributed by atoms with van der Waals surface area (Å²) in [4.78, 5) is 9.75. The second-order valence-electron chi connectivity index (χ2n) is 4.91. The fraction of sp³-hybridized carbons (Fsp3) is 0.900. The topological polar surface area (TPSA) is 38.3 Å². The molecule has 2 fully saturated rings. The third kappa shape index (κ3) is 2.02. The van der Waals surface area contributed by atoms with Gasteiger partial charge in [0.05, 0.1) is 6.04 Å². The molecule has 0 aromatic rings. The van der Waals surface area contributed by atoms with Crippen molar-refractivity contribution in [3.8, 4) is 0 Å². The Morgan fingerprint density at radius 1 is 1.25 bits per heavy atom. The minimum Gasteiger partial charge on any atom is -0.461 e. The quantitative estimate of drug-likeness (QED) is 0.438. The van der Waals surface area contributed by atoms with E-state index in [4.69, 9.17) is 4.74 Å². The molecule has 1 saturated carbocycles. The van der Waals surface area contributed by atoms with Gasteiger partial charge in [-0.05, 0) is 6.42 Å². The molecule has 20 heavy (non-hydrogen) atoms. The van der Waals surface area contributed by atoms with Gasteiger partial charge in [-0.2, -0.15) is 26.3 Å². The molecule has 3 nitrogen and oxygen atoms in total. The van der Waals surface area contributed by atoms with E-state index in [-0.39, 0.29) is 0 Å². The smallest absolute Gasteiger partial charge is 0.415 e. The lowest BCUT2D eigenvalue weighted by Gasteiger charge is -2.42. The summed E-state index contributed by atoms with van der Waals surface area (Å²) in [6, 6.07) is -1.23. The van der Waals surface area contributed by atoms with Crippen LogP contribution in [0, 0.1) is 5.92 Å². The first-order valence-electron chi connectivity index (χ1n) is 5.64. The van der Waals surface area contributed by atoms with Crippen LogP contribution in [0.1, 0.15) is 13.3 Å². The standard InChI is InChI=1S/C10H10BrF6NO2/c1-3(19)20-5-2-4-6(11)7(5)18-8(4,9(12,13)14)10(15,16)17/h4-7,18H,2H2,1H3/t4-,5+,6-,7-/m0/s1. The summed E-state index contributed by atoms with van der Waals surface area (Å²) in [6.45, 7) is 1.05. The zero-order valence-electron chi connectivity index (χ0n) is 9.98. The number of hydrogen-bond donors (Lipinski definition) is 1. The van der Waals surface area contributed by atoms with Crippen molar-refractivity contribution in [1.29, 1.82) is 0 Å². The molecule has 0 aromatic carbocycles. The third-order valence-corrected chi connectivity index (χ3v) is 4.98. The lowest BCUT2D eigenvalue weighted by molar-refractivity contribution is -0.320. The molecule has 4 atom stereocenters. The maximum atomic E-state index is 13.0. The van der Waals surface area contributed by atoms with Gasteiger partial charge in [-0.15, -0.1) is 0 Å². The number of alkyl halides is 7. The van der Waals surface area contributed by atoms with E-state index >= 15 is 0 Å². The van der Waals surface area contributed by atoms with Crippen LogP contribution in [0.4, 0.5) is 26.3 Å². The Morgan fingerprint density at radius 3 is 2.05 bits per heavy atom. The summed E-state index contributed by atoms with van der Waals surface area (Å²) in [5, 5.41) is 1.61. The molecule has 0 amide bonds. The van der Waals surface area contributed by atoms with Crippen LogP contribution >= 0.6 is 15.9 Å². The molecule has 116 valence electrons. The first-order chi connectivity index (χ1) is 8.92. The molecule has 0 unspecified atom stereocenters. The van der Waals surface area contributed by atoms with E-state index in [0.717, 1.165) is 6.92 Å². The van der Waals surface area contributed by atoms with E-state index in [1.807, 2.05) is 0 Å². The van der Waals surface area contributed by atoms with Crippen LogP contribution in [0.25, 0.3) is 0 Å². The summed E-state index contributed by atoms with van der Waals surface area (Å²) in [5.41, 5.74) is -3.96. The minimum absolute atomic E-state index is 0.494. The number of carbonyl (C=O) groups is 1. The number of ether oxygens (including phenoxy) is 1.